The van der Waals surface area contributed by atoms with Gasteiger partial charge < -0.3 is 15.0 Å². The second-order valence-corrected chi connectivity index (χ2v) is 9.51. The van der Waals surface area contributed by atoms with Crippen molar-refractivity contribution in [1.82, 2.24) is 10.2 Å². The molecule has 1 aromatic rings. The summed E-state index contributed by atoms with van der Waals surface area (Å²) in [5.74, 6) is 0.127. The number of hydrogen-bond donors (Lipinski definition) is 1. The van der Waals surface area contributed by atoms with Crippen LogP contribution in [0.2, 0.25) is 0 Å². The van der Waals surface area contributed by atoms with Crippen LogP contribution in [0.25, 0.3) is 0 Å². The zero-order chi connectivity index (χ0) is 23.4. The monoisotopic (exact) mass is 455 g/mol. The van der Waals surface area contributed by atoms with E-state index in [1.165, 1.54) is 18.9 Å². The number of nitrogens with zero attached hydrogens (tertiary/aromatic N) is 2. The van der Waals surface area contributed by atoms with E-state index in [4.69, 9.17) is 9.73 Å². The van der Waals surface area contributed by atoms with E-state index < -0.39 is 0 Å². The van der Waals surface area contributed by atoms with Gasteiger partial charge in [0.15, 0.2) is 5.17 Å². The Morgan fingerprint density at radius 2 is 2.03 bits per heavy atom. The van der Waals surface area contributed by atoms with Crippen LogP contribution in [-0.4, -0.2) is 35.6 Å². The summed E-state index contributed by atoms with van der Waals surface area (Å²) in [5, 5.41) is 5.79. The Kier molecular flexibility index (Phi) is 7.82. The highest BCUT2D eigenvalue weighted by Crippen LogP contribution is 2.46. The van der Waals surface area contributed by atoms with Gasteiger partial charge in [-0.1, -0.05) is 56.3 Å². The lowest BCUT2D eigenvalue weighted by Gasteiger charge is -2.37. The number of fused-ring (bicyclic) bond motifs is 1. The fourth-order valence-corrected chi connectivity index (χ4v) is 5.00. The lowest BCUT2D eigenvalue weighted by molar-refractivity contribution is -0.136. The van der Waals surface area contributed by atoms with Gasteiger partial charge in [-0.25, -0.2) is 9.79 Å². The van der Waals surface area contributed by atoms with Crippen LogP contribution in [0, 0.1) is 19.8 Å². The van der Waals surface area contributed by atoms with Crippen molar-refractivity contribution in [2.45, 2.75) is 59.9 Å². The van der Waals surface area contributed by atoms with Crippen molar-refractivity contribution < 1.29 is 14.3 Å². The van der Waals surface area contributed by atoms with Crippen LogP contribution in [0.3, 0.4) is 0 Å². The van der Waals surface area contributed by atoms with E-state index in [-0.39, 0.29) is 24.3 Å². The number of hydrogen-bond acceptors (Lipinski definition) is 6. The maximum Gasteiger partial charge on any atom is 0.338 e. The minimum Gasteiger partial charge on any atom is -0.466 e. The predicted molar refractivity (Wildman–Crippen MR) is 130 cm³/mol. The van der Waals surface area contributed by atoms with Crippen LogP contribution >= 0.6 is 11.8 Å². The zero-order valence-electron chi connectivity index (χ0n) is 19.8. The molecule has 0 bridgehead atoms. The molecule has 2 aliphatic heterocycles. The minimum atomic E-state index is -0.382. The van der Waals surface area contributed by atoms with Crippen molar-refractivity contribution >= 4 is 28.8 Å². The fourth-order valence-electron chi connectivity index (χ4n) is 4.07. The summed E-state index contributed by atoms with van der Waals surface area (Å²) in [4.78, 5) is 32.4. The number of allylic oxidation sites excluding steroid dienone is 1. The fraction of sp³-hybridized carbons (Fsp3) is 0.480. The summed E-state index contributed by atoms with van der Waals surface area (Å²) in [6.07, 6.45) is 1.80. The highest BCUT2D eigenvalue weighted by molar-refractivity contribution is 8.16. The summed E-state index contributed by atoms with van der Waals surface area (Å²) < 4.78 is 5.18. The molecular formula is C25H33N3O3S. The van der Waals surface area contributed by atoms with Gasteiger partial charge in [0, 0.05) is 12.2 Å². The molecule has 1 aromatic carbocycles. The van der Waals surface area contributed by atoms with Crippen molar-refractivity contribution in [3.63, 3.8) is 0 Å². The molecule has 0 radical (unpaired) electrons. The molecule has 1 amide bonds. The van der Waals surface area contributed by atoms with Gasteiger partial charge in [-0.05, 0) is 49.1 Å². The van der Waals surface area contributed by atoms with Crippen LogP contribution in [0.4, 0.5) is 0 Å². The molecule has 1 N–H and O–H groups in total. The molecule has 2 heterocycles. The molecule has 0 saturated heterocycles. The molecule has 3 rings (SSSR count). The number of ether oxygens (including phenoxy) is 1. The van der Waals surface area contributed by atoms with Gasteiger partial charge in [0.1, 0.15) is 0 Å². The zero-order valence-corrected chi connectivity index (χ0v) is 20.6. The highest BCUT2D eigenvalue weighted by Gasteiger charge is 2.41. The highest BCUT2D eigenvalue weighted by atomic mass is 32.2. The van der Waals surface area contributed by atoms with E-state index in [1.807, 2.05) is 17.2 Å². The van der Waals surface area contributed by atoms with Gasteiger partial charge >= 0.3 is 5.97 Å². The van der Waals surface area contributed by atoms with Crippen molar-refractivity contribution in [1.29, 1.82) is 0 Å². The van der Waals surface area contributed by atoms with Gasteiger partial charge in [-0.3, -0.25) is 4.79 Å². The number of carbonyl (C=O) groups excluding carboxylic acids is 2. The van der Waals surface area contributed by atoms with E-state index in [0.29, 0.717) is 24.5 Å². The van der Waals surface area contributed by atoms with E-state index in [9.17, 15) is 9.59 Å². The summed E-state index contributed by atoms with van der Waals surface area (Å²) in [7, 11) is 1.40. The van der Waals surface area contributed by atoms with Crippen molar-refractivity contribution in [2.75, 3.05) is 13.7 Å². The lowest BCUT2D eigenvalue weighted by Crippen LogP contribution is -2.38. The number of benzene rings is 1. The summed E-state index contributed by atoms with van der Waals surface area (Å²) >= 11 is 1.50. The predicted octanol–water partition coefficient (Wildman–Crippen LogP) is 4.99. The first-order chi connectivity index (χ1) is 15.3. The number of aliphatic imine (C=N–C) groups is 1. The molecule has 6 nitrogen and oxygen atoms in total. The number of methoxy groups -OCH3 is 1. The molecule has 172 valence electrons. The Bertz CT molecular complexity index is 994. The number of amidine groups is 1. The molecule has 32 heavy (non-hydrogen) atoms. The Labute approximate surface area is 195 Å². The molecule has 2 aliphatic rings. The average molecular weight is 456 g/mol. The van der Waals surface area contributed by atoms with Gasteiger partial charge in [-0.15, -0.1) is 0 Å². The van der Waals surface area contributed by atoms with Crippen LogP contribution in [0.5, 0.6) is 0 Å². The quantitative estimate of drug-likeness (QED) is 0.559. The Hall–Kier alpha value is -2.54. The Balaban J connectivity index is 1.99. The lowest BCUT2D eigenvalue weighted by atomic mass is 9.89. The van der Waals surface area contributed by atoms with Crippen molar-refractivity contribution in [2.24, 2.45) is 10.9 Å². The molecular weight excluding hydrogens is 422 g/mol. The number of esters is 1. The average Bonchev–Trinajstić information content (AvgIpc) is 3.14. The van der Waals surface area contributed by atoms with Crippen LogP contribution in [-0.2, 0) is 14.3 Å². The topological polar surface area (TPSA) is 71.0 Å². The Morgan fingerprint density at radius 1 is 1.28 bits per heavy atom. The molecule has 0 aliphatic carbocycles. The minimum absolute atomic E-state index is 0.0250. The largest absolute Gasteiger partial charge is 0.466 e. The summed E-state index contributed by atoms with van der Waals surface area (Å²) in [5.41, 5.74) is 5.38. The molecule has 7 heteroatoms. The number of nitrogens with one attached hydrogen (secondary N) is 1. The molecule has 0 fully saturated rings. The third-order valence-corrected chi connectivity index (χ3v) is 6.62. The van der Waals surface area contributed by atoms with Crippen LogP contribution < -0.4 is 5.32 Å². The molecule has 0 saturated carbocycles. The maximum atomic E-state index is 12.9. The summed E-state index contributed by atoms with van der Waals surface area (Å²) in [6.45, 7) is 11.0. The molecule has 1 atom stereocenters. The van der Waals surface area contributed by atoms with Gasteiger partial charge in [0.2, 0.25) is 5.91 Å². The van der Waals surface area contributed by atoms with Crippen LogP contribution in [0.15, 0.2) is 45.6 Å². The number of rotatable bonds is 8. The number of aryl methyl sites for hydroxylation is 2. The third-order valence-electron chi connectivity index (χ3n) is 5.73. The number of amides is 1. The van der Waals surface area contributed by atoms with E-state index in [2.05, 4.69) is 51.2 Å². The second-order valence-electron chi connectivity index (χ2n) is 8.67. The van der Waals surface area contributed by atoms with Crippen molar-refractivity contribution in [3.8, 4) is 0 Å². The first kappa shape index (κ1) is 24.1. The number of carbonyl (C=O) groups is 2. The smallest absolute Gasteiger partial charge is 0.338 e. The molecule has 0 unspecified atom stereocenters. The van der Waals surface area contributed by atoms with Crippen molar-refractivity contribution in [3.05, 3.63) is 57.3 Å². The normalized spacial score (nSPS) is 17.8. The van der Waals surface area contributed by atoms with Gasteiger partial charge in [0.05, 0.1) is 30.8 Å². The standard InChI is InChI=1S/C25H33N3O3S/c1-7-20-22(24(30)31-6)23(19-9-8-16(4)12-17(19)5)28-18(14-32-25(28)27-20)13-21(29)26-11-10-15(2)3/h8-9,12,14-15,23H,7,10-11,13H2,1-6H3,(H,26,29)/t23-/m1/s1. The third kappa shape index (κ3) is 5.09. The SMILES string of the molecule is CCC1=C(C(=O)OC)[C@@H](c2ccc(C)cc2C)N2C(CC(=O)NCCC(C)C)=CSC2=N1. The first-order valence-corrected chi connectivity index (χ1v) is 12.0. The second kappa shape index (κ2) is 10.4. The summed E-state index contributed by atoms with van der Waals surface area (Å²) in [6, 6.07) is 5.86. The maximum absolute atomic E-state index is 12.9. The number of thioether (sulfide) groups is 1. The van der Waals surface area contributed by atoms with Gasteiger partial charge in [0.25, 0.3) is 0 Å². The molecule has 0 spiro atoms. The van der Waals surface area contributed by atoms with E-state index in [1.54, 1.807) is 0 Å². The van der Waals surface area contributed by atoms with E-state index in [0.717, 1.165) is 39.7 Å². The van der Waals surface area contributed by atoms with Gasteiger partial charge in [-0.2, -0.15) is 0 Å². The Morgan fingerprint density at radius 3 is 2.66 bits per heavy atom. The van der Waals surface area contributed by atoms with Crippen LogP contribution in [0.1, 0.15) is 62.8 Å². The molecule has 0 aromatic heterocycles. The first-order valence-electron chi connectivity index (χ1n) is 11.2. The van der Waals surface area contributed by atoms with E-state index >= 15 is 0 Å².